The Labute approximate surface area is 83.8 Å². The number of amides is 1. The second-order valence-corrected chi connectivity index (χ2v) is 3.68. The minimum absolute atomic E-state index is 0.200. The smallest absolute Gasteiger partial charge is 0.227 e. The lowest BCUT2D eigenvalue weighted by Crippen LogP contribution is -2.33. The van der Waals surface area contributed by atoms with Crippen LogP contribution in [0.2, 0.25) is 0 Å². The molecule has 1 aliphatic heterocycles. The molecular weight excluding hydrogens is 176 g/mol. The summed E-state index contributed by atoms with van der Waals surface area (Å²) in [7, 11) is 1.84. The molecule has 1 aromatic rings. The van der Waals surface area contributed by atoms with E-state index >= 15 is 0 Å². The molecule has 0 atom stereocenters. The second-order valence-electron chi connectivity index (χ2n) is 3.68. The zero-order valence-corrected chi connectivity index (χ0v) is 8.58. The number of nitrogens with zero attached hydrogens (tertiary/aromatic N) is 2. The maximum Gasteiger partial charge on any atom is 0.227 e. The lowest BCUT2D eigenvalue weighted by atomic mass is 9.98. The SMILES string of the molecule is CCc1nccc2c1CN(C)C(=O)C2. The number of likely N-dealkylation sites (N-methyl/N-ethyl adjacent to an activating group) is 1. The molecule has 14 heavy (non-hydrogen) atoms. The Morgan fingerprint density at radius 3 is 3.07 bits per heavy atom. The molecule has 3 heteroatoms. The van der Waals surface area contributed by atoms with Gasteiger partial charge in [-0.05, 0) is 23.6 Å². The third-order valence-electron chi connectivity index (χ3n) is 2.74. The van der Waals surface area contributed by atoms with E-state index < -0.39 is 0 Å². The summed E-state index contributed by atoms with van der Waals surface area (Å²) < 4.78 is 0. The zero-order chi connectivity index (χ0) is 10.1. The standard InChI is InChI=1S/C11H14N2O/c1-3-10-9-7-13(2)11(14)6-8(9)4-5-12-10/h4-5H,3,6-7H2,1-2H3. The van der Waals surface area contributed by atoms with E-state index in [9.17, 15) is 4.79 Å². The van der Waals surface area contributed by atoms with Crippen LogP contribution >= 0.6 is 0 Å². The molecule has 0 aliphatic carbocycles. The second kappa shape index (κ2) is 3.40. The first-order valence-electron chi connectivity index (χ1n) is 4.92. The van der Waals surface area contributed by atoms with Gasteiger partial charge in [-0.2, -0.15) is 0 Å². The molecule has 0 spiro atoms. The summed E-state index contributed by atoms with van der Waals surface area (Å²) >= 11 is 0. The van der Waals surface area contributed by atoms with E-state index in [0.717, 1.165) is 17.7 Å². The van der Waals surface area contributed by atoms with E-state index in [1.54, 1.807) is 11.1 Å². The van der Waals surface area contributed by atoms with Crippen LogP contribution in [0.3, 0.4) is 0 Å². The van der Waals surface area contributed by atoms with E-state index in [1.807, 2.05) is 13.1 Å². The van der Waals surface area contributed by atoms with E-state index in [0.29, 0.717) is 13.0 Å². The largest absolute Gasteiger partial charge is 0.341 e. The molecule has 0 bridgehead atoms. The Morgan fingerprint density at radius 2 is 2.36 bits per heavy atom. The lowest BCUT2D eigenvalue weighted by molar-refractivity contribution is -0.130. The lowest BCUT2D eigenvalue weighted by Gasteiger charge is -2.26. The molecule has 2 rings (SSSR count). The van der Waals surface area contributed by atoms with Gasteiger partial charge in [0.2, 0.25) is 5.91 Å². The van der Waals surface area contributed by atoms with Crippen LogP contribution in [0.5, 0.6) is 0 Å². The van der Waals surface area contributed by atoms with Gasteiger partial charge in [-0.15, -0.1) is 0 Å². The van der Waals surface area contributed by atoms with Gasteiger partial charge in [-0.3, -0.25) is 9.78 Å². The Balaban J connectivity index is 2.46. The van der Waals surface area contributed by atoms with E-state index in [1.165, 1.54) is 5.56 Å². The topological polar surface area (TPSA) is 33.2 Å². The Morgan fingerprint density at radius 1 is 1.57 bits per heavy atom. The van der Waals surface area contributed by atoms with Crippen molar-refractivity contribution in [1.29, 1.82) is 0 Å². The van der Waals surface area contributed by atoms with Gasteiger partial charge in [0.15, 0.2) is 0 Å². The summed E-state index contributed by atoms with van der Waals surface area (Å²) in [4.78, 5) is 17.6. The molecule has 0 radical (unpaired) electrons. The molecule has 0 N–H and O–H groups in total. The molecule has 74 valence electrons. The number of carbonyl (C=O) groups excluding carboxylic acids is 1. The van der Waals surface area contributed by atoms with E-state index in [4.69, 9.17) is 0 Å². The zero-order valence-electron chi connectivity index (χ0n) is 8.58. The van der Waals surface area contributed by atoms with Crippen LogP contribution in [0.4, 0.5) is 0 Å². The van der Waals surface area contributed by atoms with Crippen LogP contribution in [0, 0.1) is 0 Å². The summed E-state index contributed by atoms with van der Waals surface area (Å²) in [6.45, 7) is 2.81. The molecule has 0 unspecified atom stereocenters. The van der Waals surface area contributed by atoms with Crippen LogP contribution in [-0.4, -0.2) is 22.8 Å². The monoisotopic (exact) mass is 190 g/mol. The fraction of sp³-hybridized carbons (Fsp3) is 0.455. The number of aromatic nitrogens is 1. The molecule has 1 aliphatic rings. The normalized spacial score (nSPS) is 15.6. The molecular formula is C11H14N2O. The van der Waals surface area contributed by atoms with E-state index in [2.05, 4.69) is 11.9 Å². The molecule has 1 amide bonds. The van der Waals surface area contributed by atoms with Crippen molar-refractivity contribution in [3.05, 3.63) is 29.1 Å². The number of carbonyl (C=O) groups is 1. The highest BCUT2D eigenvalue weighted by atomic mass is 16.2. The first-order chi connectivity index (χ1) is 6.72. The predicted molar refractivity (Wildman–Crippen MR) is 53.8 cm³/mol. The highest BCUT2D eigenvalue weighted by Crippen LogP contribution is 2.20. The maximum absolute atomic E-state index is 11.5. The molecule has 3 nitrogen and oxygen atoms in total. The van der Waals surface area contributed by atoms with Crippen LogP contribution < -0.4 is 0 Å². The number of pyridine rings is 1. The molecule has 0 fully saturated rings. The van der Waals surface area contributed by atoms with Crippen LogP contribution in [0.15, 0.2) is 12.3 Å². The van der Waals surface area contributed by atoms with Crippen LogP contribution in [-0.2, 0) is 24.2 Å². The maximum atomic E-state index is 11.5. The van der Waals surface area contributed by atoms with Gasteiger partial charge in [0.25, 0.3) is 0 Å². The average Bonchev–Trinajstić information content (AvgIpc) is 2.19. The summed E-state index contributed by atoms with van der Waals surface area (Å²) in [6, 6.07) is 1.96. The summed E-state index contributed by atoms with van der Waals surface area (Å²) in [5.41, 5.74) is 3.53. The summed E-state index contributed by atoms with van der Waals surface area (Å²) in [5, 5.41) is 0. The highest BCUT2D eigenvalue weighted by Gasteiger charge is 2.21. The fourth-order valence-corrected chi connectivity index (χ4v) is 1.87. The first kappa shape index (κ1) is 9.19. The molecule has 0 aromatic carbocycles. The number of hydrogen-bond donors (Lipinski definition) is 0. The number of rotatable bonds is 1. The Bertz CT molecular complexity index is 374. The first-order valence-corrected chi connectivity index (χ1v) is 4.92. The average molecular weight is 190 g/mol. The van der Waals surface area contributed by atoms with Gasteiger partial charge >= 0.3 is 0 Å². The number of fused-ring (bicyclic) bond motifs is 1. The van der Waals surface area contributed by atoms with Gasteiger partial charge in [0.05, 0.1) is 6.42 Å². The van der Waals surface area contributed by atoms with Crippen LogP contribution in [0.25, 0.3) is 0 Å². The van der Waals surface area contributed by atoms with Crippen molar-refractivity contribution < 1.29 is 4.79 Å². The highest BCUT2D eigenvalue weighted by molar-refractivity contribution is 5.80. The predicted octanol–water partition coefficient (Wildman–Crippen LogP) is 1.16. The van der Waals surface area contributed by atoms with E-state index in [-0.39, 0.29) is 5.91 Å². The van der Waals surface area contributed by atoms with Crippen molar-refractivity contribution >= 4 is 5.91 Å². The molecule has 0 saturated heterocycles. The van der Waals surface area contributed by atoms with Gasteiger partial charge in [-0.25, -0.2) is 0 Å². The summed E-state index contributed by atoms with van der Waals surface area (Å²) in [6.07, 6.45) is 3.27. The van der Waals surface area contributed by atoms with Crippen molar-refractivity contribution in [3.8, 4) is 0 Å². The van der Waals surface area contributed by atoms with Gasteiger partial charge in [0, 0.05) is 25.5 Å². The van der Waals surface area contributed by atoms with Crippen molar-refractivity contribution in [2.24, 2.45) is 0 Å². The van der Waals surface area contributed by atoms with Gasteiger partial charge < -0.3 is 4.90 Å². The van der Waals surface area contributed by atoms with Gasteiger partial charge in [0.1, 0.15) is 0 Å². The third kappa shape index (κ3) is 1.39. The van der Waals surface area contributed by atoms with Gasteiger partial charge in [-0.1, -0.05) is 6.92 Å². The third-order valence-corrected chi connectivity index (χ3v) is 2.74. The molecule has 2 heterocycles. The molecule has 1 aromatic heterocycles. The Hall–Kier alpha value is -1.38. The van der Waals surface area contributed by atoms with Crippen molar-refractivity contribution in [3.63, 3.8) is 0 Å². The minimum Gasteiger partial charge on any atom is -0.341 e. The quantitative estimate of drug-likeness (QED) is 0.665. The number of aryl methyl sites for hydroxylation is 1. The number of hydrogen-bond acceptors (Lipinski definition) is 2. The molecule has 0 saturated carbocycles. The summed E-state index contributed by atoms with van der Waals surface area (Å²) in [5.74, 6) is 0.200. The van der Waals surface area contributed by atoms with Crippen molar-refractivity contribution in [2.45, 2.75) is 26.3 Å². The Kier molecular flexibility index (Phi) is 2.23. The minimum atomic E-state index is 0.200. The van der Waals surface area contributed by atoms with Crippen molar-refractivity contribution in [1.82, 2.24) is 9.88 Å². The van der Waals surface area contributed by atoms with Crippen molar-refractivity contribution in [2.75, 3.05) is 7.05 Å². The fourth-order valence-electron chi connectivity index (χ4n) is 1.87. The van der Waals surface area contributed by atoms with Crippen LogP contribution in [0.1, 0.15) is 23.7 Å².